The van der Waals surface area contributed by atoms with Gasteiger partial charge in [-0.3, -0.25) is 0 Å². The van der Waals surface area contributed by atoms with Crippen molar-refractivity contribution >= 4 is 32.7 Å². The van der Waals surface area contributed by atoms with Crippen LogP contribution in [0.4, 0.5) is 0 Å². The number of benzene rings is 9. The summed E-state index contributed by atoms with van der Waals surface area (Å²) in [4.78, 5) is 0. The SMILES string of the molecule is c1cc(-c2ccc(-c3cccc4oc5cc6ccccc6cc5c34)cc2)cc(-c2ccc3c(c2)Oc2ccccc2C32c3ccccc3-c3ccccc32)c1. The third-order valence-electron chi connectivity index (χ3n) is 11.9. The third-order valence-corrected chi connectivity index (χ3v) is 11.9. The predicted octanol–water partition coefficient (Wildman–Crippen LogP) is 14.2. The number of para-hydroxylation sites is 1. The molecule has 0 N–H and O–H groups in total. The van der Waals surface area contributed by atoms with Crippen molar-refractivity contribution < 1.29 is 9.15 Å². The maximum atomic E-state index is 6.79. The molecule has 10 aromatic rings. The van der Waals surface area contributed by atoms with E-state index in [1.807, 2.05) is 0 Å². The molecule has 2 heterocycles. The molecule has 0 radical (unpaired) electrons. The van der Waals surface area contributed by atoms with Crippen LogP contribution in [0.3, 0.4) is 0 Å². The molecule has 2 aliphatic rings. The van der Waals surface area contributed by atoms with Gasteiger partial charge in [-0.2, -0.15) is 0 Å². The molecule has 0 saturated carbocycles. The van der Waals surface area contributed by atoms with Gasteiger partial charge in [0.25, 0.3) is 0 Å². The summed E-state index contributed by atoms with van der Waals surface area (Å²) < 4.78 is 13.2. The molecule has 2 nitrogen and oxygen atoms in total. The lowest BCUT2D eigenvalue weighted by Gasteiger charge is -2.39. The van der Waals surface area contributed by atoms with E-state index in [9.17, 15) is 0 Å². The minimum Gasteiger partial charge on any atom is -0.457 e. The van der Waals surface area contributed by atoms with Gasteiger partial charge in [-0.15, -0.1) is 0 Å². The molecule has 2 heteroatoms. The first-order valence-corrected chi connectivity index (χ1v) is 18.9. The summed E-state index contributed by atoms with van der Waals surface area (Å²) >= 11 is 0. The first kappa shape index (κ1) is 30.3. The molecule has 1 spiro atoms. The van der Waals surface area contributed by atoms with Gasteiger partial charge in [-0.1, -0.05) is 158 Å². The van der Waals surface area contributed by atoms with Crippen molar-refractivity contribution in [1.82, 2.24) is 0 Å². The van der Waals surface area contributed by atoms with Crippen LogP contribution in [0.5, 0.6) is 11.5 Å². The van der Waals surface area contributed by atoms with E-state index in [-0.39, 0.29) is 0 Å². The Labute approximate surface area is 318 Å². The summed E-state index contributed by atoms with van der Waals surface area (Å²) in [6.07, 6.45) is 0. The molecule has 0 atom stereocenters. The number of furan rings is 1. The van der Waals surface area contributed by atoms with Gasteiger partial charge in [0.1, 0.15) is 22.7 Å². The Morgan fingerprint density at radius 3 is 1.67 bits per heavy atom. The highest BCUT2D eigenvalue weighted by molar-refractivity contribution is 6.15. The number of ether oxygens (including phenoxy) is 1. The summed E-state index contributed by atoms with van der Waals surface area (Å²) in [5.74, 6) is 1.80. The van der Waals surface area contributed by atoms with Crippen molar-refractivity contribution in [1.29, 1.82) is 0 Å². The van der Waals surface area contributed by atoms with Crippen LogP contribution in [0.1, 0.15) is 22.3 Å². The summed E-state index contributed by atoms with van der Waals surface area (Å²) in [5.41, 5.74) is 15.8. The second kappa shape index (κ2) is 11.4. The Kier molecular flexibility index (Phi) is 6.29. The van der Waals surface area contributed by atoms with Crippen LogP contribution >= 0.6 is 0 Å². The normalized spacial score (nSPS) is 13.4. The first-order chi connectivity index (χ1) is 27.2. The molecule has 1 aliphatic carbocycles. The van der Waals surface area contributed by atoms with Crippen molar-refractivity contribution in [2.75, 3.05) is 0 Å². The first-order valence-electron chi connectivity index (χ1n) is 18.9. The number of rotatable bonds is 3. The average molecular weight is 701 g/mol. The van der Waals surface area contributed by atoms with E-state index >= 15 is 0 Å². The smallest absolute Gasteiger partial charge is 0.136 e. The second-order valence-electron chi connectivity index (χ2n) is 14.8. The molecule has 9 aromatic carbocycles. The van der Waals surface area contributed by atoms with Gasteiger partial charge in [0.15, 0.2) is 0 Å². The van der Waals surface area contributed by atoms with E-state index in [1.54, 1.807) is 0 Å². The van der Waals surface area contributed by atoms with E-state index in [1.165, 1.54) is 60.8 Å². The Bertz CT molecular complexity index is 3140. The lowest BCUT2D eigenvalue weighted by Crippen LogP contribution is -2.32. The predicted molar refractivity (Wildman–Crippen MR) is 225 cm³/mol. The van der Waals surface area contributed by atoms with E-state index in [4.69, 9.17) is 9.15 Å². The highest BCUT2D eigenvalue weighted by atomic mass is 16.5. The average Bonchev–Trinajstić information content (AvgIpc) is 3.76. The minimum absolute atomic E-state index is 0.458. The van der Waals surface area contributed by atoms with Gasteiger partial charge < -0.3 is 9.15 Å². The van der Waals surface area contributed by atoms with Crippen LogP contribution < -0.4 is 4.74 Å². The molecular weight excluding hydrogens is 669 g/mol. The minimum atomic E-state index is -0.458. The number of hydrogen-bond acceptors (Lipinski definition) is 2. The van der Waals surface area contributed by atoms with Crippen LogP contribution in [0.2, 0.25) is 0 Å². The quantitative estimate of drug-likeness (QED) is 0.183. The molecule has 256 valence electrons. The summed E-state index contributed by atoms with van der Waals surface area (Å²) in [7, 11) is 0. The van der Waals surface area contributed by atoms with Gasteiger partial charge in [-0.25, -0.2) is 0 Å². The highest BCUT2D eigenvalue weighted by Gasteiger charge is 2.50. The summed E-state index contributed by atoms with van der Waals surface area (Å²) in [6.45, 7) is 0. The van der Waals surface area contributed by atoms with Crippen LogP contribution in [-0.4, -0.2) is 0 Å². The Morgan fingerprint density at radius 1 is 0.327 bits per heavy atom. The van der Waals surface area contributed by atoms with Crippen LogP contribution in [0, 0.1) is 0 Å². The lowest BCUT2D eigenvalue weighted by molar-refractivity contribution is 0.436. The van der Waals surface area contributed by atoms with Crippen molar-refractivity contribution in [2.45, 2.75) is 5.41 Å². The van der Waals surface area contributed by atoms with Crippen molar-refractivity contribution in [3.63, 3.8) is 0 Å². The second-order valence-corrected chi connectivity index (χ2v) is 14.8. The molecule has 1 aliphatic heterocycles. The van der Waals surface area contributed by atoms with E-state index in [0.717, 1.165) is 50.1 Å². The van der Waals surface area contributed by atoms with Crippen LogP contribution in [-0.2, 0) is 5.41 Å². The van der Waals surface area contributed by atoms with Crippen LogP contribution in [0.25, 0.3) is 77.2 Å². The largest absolute Gasteiger partial charge is 0.457 e. The third kappa shape index (κ3) is 4.31. The van der Waals surface area contributed by atoms with E-state index in [0.29, 0.717) is 0 Å². The Morgan fingerprint density at radius 2 is 0.891 bits per heavy atom. The molecule has 12 rings (SSSR count). The fraction of sp³-hybridized carbons (Fsp3) is 0.0189. The van der Waals surface area contributed by atoms with Crippen molar-refractivity contribution in [3.8, 4) is 56.0 Å². The molecule has 0 fully saturated rings. The van der Waals surface area contributed by atoms with E-state index in [2.05, 4.69) is 194 Å². The maximum absolute atomic E-state index is 6.79. The molecule has 0 unspecified atom stereocenters. The fourth-order valence-electron chi connectivity index (χ4n) is 9.51. The molecule has 1 aromatic heterocycles. The lowest BCUT2D eigenvalue weighted by atomic mass is 9.66. The van der Waals surface area contributed by atoms with Gasteiger partial charge in [0.2, 0.25) is 0 Å². The Balaban J connectivity index is 0.935. The summed E-state index contributed by atoms with van der Waals surface area (Å²) in [5, 5.41) is 4.70. The zero-order valence-electron chi connectivity index (χ0n) is 29.8. The Hall–Kier alpha value is -7.16. The van der Waals surface area contributed by atoms with Gasteiger partial charge in [-0.05, 0) is 103 Å². The molecule has 0 saturated heterocycles. The zero-order chi connectivity index (χ0) is 36.1. The standard InChI is InChI=1S/C53H32O2/c1-2-12-38-31-50-43(30-37(38)11-1)52-40(17-10-22-49(52)55-50)34-25-23-33(24-26-34)35-13-9-14-36(29-35)39-27-28-47-51(32-39)54-48-21-8-7-20-46(48)53(47)44-18-5-3-15-41(44)42-16-4-6-19-45(42)53/h1-32H. The number of hydrogen-bond donors (Lipinski definition) is 0. The van der Waals surface area contributed by atoms with E-state index < -0.39 is 5.41 Å². The summed E-state index contributed by atoms with van der Waals surface area (Å²) in [6, 6.07) is 70.1. The van der Waals surface area contributed by atoms with Crippen LogP contribution in [0.15, 0.2) is 199 Å². The molecule has 0 bridgehead atoms. The van der Waals surface area contributed by atoms with Gasteiger partial charge in [0.05, 0.1) is 5.41 Å². The van der Waals surface area contributed by atoms with Crippen molar-refractivity contribution in [3.05, 3.63) is 216 Å². The maximum Gasteiger partial charge on any atom is 0.136 e. The molecule has 55 heavy (non-hydrogen) atoms. The number of fused-ring (bicyclic) bond motifs is 13. The monoisotopic (exact) mass is 700 g/mol. The van der Waals surface area contributed by atoms with Gasteiger partial charge in [0, 0.05) is 21.9 Å². The van der Waals surface area contributed by atoms with Gasteiger partial charge >= 0.3 is 0 Å². The highest BCUT2D eigenvalue weighted by Crippen LogP contribution is 2.62. The fourth-order valence-corrected chi connectivity index (χ4v) is 9.51. The molecule has 0 amide bonds. The molecular formula is C53H32O2. The topological polar surface area (TPSA) is 22.4 Å². The zero-order valence-corrected chi connectivity index (χ0v) is 29.8. The van der Waals surface area contributed by atoms with Crippen molar-refractivity contribution in [2.24, 2.45) is 0 Å².